The van der Waals surface area contributed by atoms with E-state index in [-0.39, 0.29) is 18.9 Å². The molecule has 3 rings (SSSR count). The molecule has 3 aromatic rings. The van der Waals surface area contributed by atoms with Gasteiger partial charge in [0.15, 0.2) is 0 Å². The molecule has 0 aliphatic heterocycles. The Bertz CT molecular complexity index is 960. The highest BCUT2D eigenvalue weighted by Gasteiger charge is 2.09. The first-order chi connectivity index (χ1) is 11.1. The van der Waals surface area contributed by atoms with Gasteiger partial charge < -0.3 is 5.32 Å². The molecule has 23 heavy (non-hydrogen) atoms. The molecule has 2 aromatic heterocycles. The van der Waals surface area contributed by atoms with Crippen molar-refractivity contribution in [3.8, 4) is 0 Å². The third kappa shape index (κ3) is 3.18. The molecule has 0 saturated heterocycles. The number of para-hydroxylation sites is 1. The fourth-order valence-corrected chi connectivity index (χ4v) is 2.34. The van der Waals surface area contributed by atoms with E-state index in [1.807, 2.05) is 0 Å². The molecule has 7 nitrogen and oxygen atoms in total. The SMILES string of the molecule is O=C(CCn1c(=O)[nH]c(=O)c2ccccc21)Nc1cccnc1. The van der Waals surface area contributed by atoms with Crippen LogP contribution in [0, 0.1) is 0 Å². The summed E-state index contributed by atoms with van der Waals surface area (Å²) in [7, 11) is 0. The summed E-state index contributed by atoms with van der Waals surface area (Å²) in [5, 5.41) is 3.12. The second-order valence-corrected chi connectivity index (χ2v) is 4.97. The van der Waals surface area contributed by atoms with Gasteiger partial charge in [-0.2, -0.15) is 0 Å². The second kappa shape index (κ2) is 6.27. The largest absolute Gasteiger partial charge is 0.328 e. The lowest BCUT2D eigenvalue weighted by atomic mass is 10.2. The van der Waals surface area contributed by atoms with Gasteiger partial charge >= 0.3 is 5.69 Å². The van der Waals surface area contributed by atoms with Crippen LogP contribution in [-0.2, 0) is 11.3 Å². The number of fused-ring (bicyclic) bond motifs is 1. The van der Waals surface area contributed by atoms with Crippen LogP contribution in [0.25, 0.3) is 10.9 Å². The van der Waals surface area contributed by atoms with E-state index in [1.165, 1.54) is 4.57 Å². The summed E-state index contributed by atoms with van der Waals surface area (Å²) in [6.07, 6.45) is 3.26. The molecule has 0 unspecified atom stereocenters. The van der Waals surface area contributed by atoms with Crippen molar-refractivity contribution in [1.29, 1.82) is 0 Å². The van der Waals surface area contributed by atoms with Crippen LogP contribution in [-0.4, -0.2) is 20.4 Å². The highest BCUT2D eigenvalue weighted by Crippen LogP contribution is 2.08. The minimum absolute atomic E-state index is 0.102. The van der Waals surface area contributed by atoms with Gasteiger partial charge in [-0.1, -0.05) is 12.1 Å². The summed E-state index contributed by atoms with van der Waals surface area (Å²) in [6, 6.07) is 10.2. The number of aryl methyl sites for hydroxylation is 1. The van der Waals surface area contributed by atoms with Crippen LogP contribution >= 0.6 is 0 Å². The average Bonchev–Trinajstić information content (AvgIpc) is 2.55. The van der Waals surface area contributed by atoms with Crippen LogP contribution in [0.1, 0.15) is 6.42 Å². The Morgan fingerprint density at radius 2 is 2.00 bits per heavy atom. The first kappa shape index (κ1) is 14.7. The lowest BCUT2D eigenvalue weighted by molar-refractivity contribution is -0.116. The number of anilines is 1. The Labute approximate surface area is 130 Å². The molecule has 0 atom stereocenters. The summed E-state index contributed by atoms with van der Waals surface area (Å²) in [4.78, 5) is 41.9. The predicted molar refractivity (Wildman–Crippen MR) is 86.3 cm³/mol. The first-order valence-electron chi connectivity index (χ1n) is 7.07. The lowest BCUT2D eigenvalue weighted by Crippen LogP contribution is -2.31. The molecule has 2 N–H and O–H groups in total. The number of hydrogen-bond acceptors (Lipinski definition) is 4. The van der Waals surface area contributed by atoms with E-state index in [1.54, 1.807) is 48.8 Å². The zero-order valence-electron chi connectivity index (χ0n) is 12.2. The summed E-state index contributed by atoms with van der Waals surface area (Å²) in [5.41, 5.74) is 0.149. The van der Waals surface area contributed by atoms with Crippen molar-refractivity contribution in [3.05, 3.63) is 69.6 Å². The summed E-state index contributed by atoms with van der Waals surface area (Å²) in [6.45, 7) is 0.169. The van der Waals surface area contributed by atoms with E-state index in [0.717, 1.165) is 0 Å². The molecule has 0 radical (unpaired) electrons. The monoisotopic (exact) mass is 310 g/mol. The number of aromatic nitrogens is 3. The van der Waals surface area contributed by atoms with Gasteiger partial charge in [0, 0.05) is 19.2 Å². The molecule has 0 bridgehead atoms. The predicted octanol–water partition coefficient (Wildman–Crippen LogP) is 1.11. The highest BCUT2D eigenvalue weighted by atomic mass is 16.2. The summed E-state index contributed by atoms with van der Waals surface area (Å²) >= 11 is 0. The first-order valence-corrected chi connectivity index (χ1v) is 7.07. The highest BCUT2D eigenvalue weighted by molar-refractivity contribution is 5.90. The minimum Gasteiger partial charge on any atom is -0.325 e. The van der Waals surface area contributed by atoms with Crippen molar-refractivity contribution in [2.24, 2.45) is 0 Å². The average molecular weight is 310 g/mol. The van der Waals surface area contributed by atoms with Crippen molar-refractivity contribution in [2.45, 2.75) is 13.0 Å². The van der Waals surface area contributed by atoms with Crippen LogP contribution < -0.4 is 16.6 Å². The number of carbonyl (C=O) groups is 1. The number of rotatable bonds is 4. The van der Waals surface area contributed by atoms with Gasteiger partial charge in [-0.15, -0.1) is 0 Å². The van der Waals surface area contributed by atoms with Gasteiger partial charge in [-0.25, -0.2) is 4.79 Å². The van der Waals surface area contributed by atoms with E-state index in [9.17, 15) is 14.4 Å². The van der Waals surface area contributed by atoms with Gasteiger partial charge in [0.05, 0.1) is 22.8 Å². The molecule has 0 saturated carbocycles. The molecule has 2 heterocycles. The fourth-order valence-electron chi connectivity index (χ4n) is 2.34. The van der Waals surface area contributed by atoms with Crippen molar-refractivity contribution in [1.82, 2.24) is 14.5 Å². The molecule has 0 aliphatic rings. The van der Waals surface area contributed by atoms with Crippen LogP contribution in [0.4, 0.5) is 5.69 Å². The van der Waals surface area contributed by atoms with E-state index >= 15 is 0 Å². The number of aromatic amines is 1. The molecule has 0 spiro atoms. The topological polar surface area (TPSA) is 96.9 Å². The van der Waals surface area contributed by atoms with E-state index in [4.69, 9.17) is 0 Å². The number of amides is 1. The zero-order valence-corrected chi connectivity index (χ0v) is 12.2. The molecule has 116 valence electrons. The van der Waals surface area contributed by atoms with Crippen molar-refractivity contribution >= 4 is 22.5 Å². The Morgan fingerprint density at radius 1 is 1.17 bits per heavy atom. The number of H-pyrrole nitrogens is 1. The van der Waals surface area contributed by atoms with Gasteiger partial charge in [0.1, 0.15) is 0 Å². The van der Waals surface area contributed by atoms with Crippen molar-refractivity contribution in [3.63, 3.8) is 0 Å². The summed E-state index contributed by atoms with van der Waals surface area (Å²) in [5.74, 6) is -0.236. The minimum atomic E-state index is -0.525. The molecular formula is C16H14N4O3. The van der Waals surface area contributed by atoms with Gasteiger partial charge in [-0.3, -0.25) is 24.1 Å². The molecule has 1 amide bonds. The maximum atomic E-state index is 12.0. The quantitative estimate of drug-likeness (QED) is 0.754. The molecule has 0 aliphatic carbocycles. The number of carbonyl (C=O) groups excluding carboxylic acids is 1. The smallest absolute Gasteiger partial charge is 0.325 e. The number of nitrogens with one attached hydrogen (secondary N) is 2. The number of pyridine rings is 1. The Morgan fingerprint density at radius 3 is 2.78 bits per heavy atom. The molecule has 7 heteroatoms. The lowest BCUT2D eigenvalue weighted by Gasteiger charge is -2.09. The van der Waals surface area contributed by atoms with Gasteiger partial charge in [0.2, 0.25) is 5.91 Å². The number of nitrogens with zero attached hydrogens (tertiary/aromatic N) is 2. The second-order valence-electron chi connectivity index (χ2n) is 4.97. The Hall–Kier alpha value is -3.22. The normalized spacial score (nSPS) is 10.6. The fraction of sp³-hybridized carbons (Fsp3) is 0.125. The third-order valence-electron chi connectivity index (χ3n) is 3.41. The number of hydrogen-bond donors (Lipinski definition) is 2. The van der Waals surface area contributed by atoms with E-state index in [0.29, 0.717) is 16.6 Å². The van der Waals surface area contributed by atoms with Crippen molar-refractivity contribution < 1.29 is 4.79 Å². The van der Waals surface area contributed by atoms with E-state index in [2.05, 4.69) is 15.3 Å². The molecule has 0 fully saturated rings. The van der Waals surface area contributed by atoms with Crippen LogP contribution in [0.2, 0.25) is 0 Å². The van der Waals surface area contributed by atoms with Gasteiger partial charge in [0.25, 0.3) is 5.56 Å². The Kier molecular flexibility index (Phi) is 4.01. The Balaban J connectivity index is 1.81. The number of benzene rings is 1. The molecule has 1 aromatic carbocycles. The van der Waals surface area contributed by atoms with Crippen molar-refractivity contribution in [2.75, 3.05) is 5.32 Å². The standard InChI is InChI=1S/C16H14N4O3/c21-14(18-11-4-3-8-17-10-11)7-9-20-13-6-2-1-5-12(13)15(22)19-16(20)23/h1-6,8,10H,7,9H2,(H,18,21)(H,19,22,23). The zero-order chi connectivity index (χ0) is 16.2. The third-order valence-corrected chi connectivity index (χ3v) is 3.41. The van der Waals surface area contributed by atoms with Crippen LogP contribution in [0.3, 0.4) is 0 Å². The summed E-state index contributed by atoms with van der Waals surface area (Å²) < 4.78 is 1.39. The maximum absolute atomic E-state index is 12.0. The van der Waals surface area contributed by atoms with Gasteiger partial charge in [-0.05, 0) is 24.3 Å². The van der Waals surface area contributed by atoms with Crippen LogP contribution in [0.5, 0.6) is 0 Å². The molecular weight excluding hydrogens is 296 g/mol. The maximum Gasteiger partial charge on any atom is 0.328 e. The van der Waals surface area contributed by atoms with E-state index < -0.39 is 11.2 Å². The van der Waals surface area contributed by atoms with Crippen LogP contribution in [0.15, 0.2) is 58.4 Å².